The van der Waals surface area contributed by atoms with Crippen LogP contribution in [0.25, 0.3) is 0 Å². The highest BCUT2D eigenvalue weighted by atomic mass is 127. The summed E-state index contributed by atoms with van der Waals surface area (Å²) in [6, 6.07) is 8.20. The zero-order chi connectivity index (χ0) is 16.5. The molecule has 1 aliphatic heterocycles. The first-order chi connectivity index (χ1) is 11.2. The van der Waals surface area contributed by atoms with E-state index in [9.17, 15) is 0 Å². The van der Waals surface area contributed by atoms with Crippen LogP contribution in [0.2, 0.25) is 0 Å². The van der Waals surface area contributed by atoms with Gasteiger partial charge in [0.1, 0.15) is 12.4 Å². The molecule has 0 spiro atoms. The number of guanidine groups is 1. The Morgan fingerprint density at radius 2 is 1.96 bits per heavy atom. The molecule has 0 radical (unpaired) electrons. The summed E-state index contributed by atoms with van der Waals surface area (Å²) in [5, 5.41) is 3.40. The van der Waals surface area contributed by atoms with E-state index in [2.05, 4.69) is 42.2 Å². The average Bonchev–Trinajstić information content (AvgIpc) is 3.06. The minimum Gasteiger partial charge on any atom is -0.492 e. The smallest absolute Gasteiger partial charge is 0.194 e. The van der Waals surface area contributed by atoms with E-state index in [1.807, 2.05) is 18.2 Å². The van der Waals surface area contributed by atoms with Gasteiger partial charge in [-0.2, -0.15) is 0 Å². The molecule has 1 saturated heterocycles. The van der Waals surface area contributed by atoms with Crippen LogP contribution in [0.3, 0.4) is 0 Å². The van der Waals surface area contributed by atoms with Crippen molar-refractivity contribution in [1.29, 1.82) is 0 Å². The number of aliphatic imine (C=N–C) groups is 1. The third-order valence-corrected chi connectivity index (χ3v) is 3.91. The minimum atomic E-state index is 0. The summed E-state index contributed by atoms with van der Waals surface area (Å²) in [7, 11) is 4.11. The Labute approximate surface area is 163 Å². The van der Waals surface area contributed by atoms with E-state index in [-0.39, 0.29) is 24.0 Å². The second kappa shape index (κ2) is 11.5. The summed E-state index contributed by atoms with van der Waals surface area (Å²) in [5.41, 5.74) is 1.14. The highest BCUT2D eigenvalue weighted by Crippen LogP contribution is 2.19. The Balaban J connectivity index is 0.00000288. The van der Waals surface area contributed by atoms with E-state index in [4.69, 9.17) is 9.73 Å². The van der Waals surface area contributed by atoms with Crippen LogP contribution >= 0.6 is 24.0 Å². The number of para-hydroxylation sites is 1. The molecule has 0 aromatic heterocycles. The van der Waals surface area contributed by atoms with Crippen molar-refractivity contribution in [1.82, 2.24) is 15.1 Å². The lowest BCUT2D eigenvalue weighted by molar-refractivity contribution is 0.259. The van der Waals surface area contributed by atoms with Gasteiger partial charge in [-0.25, -0.2) is 4.99 Å². The van der Waals surface area contributed by atoms with Gasteiger partial charge < -0.3 is 19.9 Å². The van der Waals surface area contributed by atoms with E-state index in [1.165, 1.54) is 12.8 Å². The lowest BCUT2D eigenvalue weighted by Gasteiger charge is -2.21. The zero-order valence-corrected chi connectivity index (χ0v) is 17.5. The van der Waals surface area contributed by atoms with E-state index >= 15 is 0 Å². The summed E-state index contributed by atoms with van der Waals surface area (Å²) < 4.78 is 5.92. The van der Waals surface area contributed by atoms with Crippen molar-refractivity contribution < 1.29 is 4.74 Å². The Bertz CT molecular complexity index is 502. The number of hydrogen-bond donors (Lipinski definition) is 1. The molecule has 0 saturated carbocycles. The number of hydrogen-bond acceptors (Lipinski definition) is 3. The Kier molecular flexibility index (Phi) is 10.1. The van der Waals surface area contributed by atoms with Crippen LogP contribution in [0, 0.1) is 0 Å². The lowest BCUT2D eigenvalue weighted by Crippen LogP contribution is -2.39. The molecule has 0 atom stereocenters. The second-order valence-electron chi connectivity index (χ2n) is 6.12. The topological polar surface area (TPSA) is 40.1 Å². The molecule has 1 aliphatic rings. The highest BCUT2D eigenvalue weighted by molar-refractivity contribution is 14.0. The summed E-state index contributed by atoms with van der Waals surface area (Å²) in [5.74, 6) is 1.96. The zero-order valence-electron chi connectivity index (χ0n) is 15.1. The summed E-state index contributed by atoms with van der Waals surface area (Å²) >= 11 is 0. The SMILES string of the molecule is CCNC(=NCc1ccccc1OCCN(C)C)N1CCCC1.I. The summed E-state index contributed by atoms with van der Waals surface area (Å²) in [6.45, 7) is 7.48. The molecule has 1 aromatic carbocycles. The molecule has 6 heteroatoms. The van der Waals surface area contributed by atoms with Gasteiger partial charge in [-0.3, -0.25) is 0 Å². The number of rotatable bonds is 7. The Hall–Kier alpha value is -1.02. The molecule has 2 rings (SSSR count). The third kappa shape index (κ3) is 6.84. The number of likely N-dealkylation sites (N-methyl/N-ethyl adjacent to an activating group) is 1. The summed E-state index contributed by atoms with van der Waals surface area (Å²) in [6.07, 6.45) is 2.52. The minimum absolute atomic E-state index is 0. The fourth-order valence-corrected chi connectivity index (χ4v) is 2.63. The fourth-order valence-electron chi connectivity index (χ4n) is 2.63. The maximum atomic E-state index is 5.92. The van der Waals surface area contributed by atoms with Crippen molar-refractivity contribution in [3.63, 3.8) is 0 Å². The van der Waals surface area contributed by atoms with Gasteiger partial charge in [-0.15, -0.1) is 24.0 Å². The molecular formula is C18H31IN4O. The van der Waals surface area contributed by atoms with Gasteiger partial charge in [-0.1, -0.05) is 18.2 Å². The van der Waals surface area contributed by atoms with Gasteiger partial charge in [0.05, 0.1) is 6.54 Å². The first kappa shape index (κ1) is 21.0. The van der Waals surface area contributed by atoms with E-state index in [0.29, 0.717) is 13.2 Å². The van der Waals surface area contributed by atoms with Gasteiger partial charge >= 0.3 is 0 Å². The van der Waals surface area contributed by atoms with Crippen molar-refractivity contribution in [3.8, 4) is 5.75 Å². The molecular weight excluding hydrogens is 415 g/mol. The molecule has 0 amide bonds. The Morgan fingerprint density at radius 1 is 1.25 bits per heavy atom. The van der Waals surface area contributed by atoms with Gasteiger partial charge in [0.2, 0.25) is 0 Å². The van der Waals surface area contributed by atoms with Crippen molar-refractivity contribution in [2.75, 3.05) is 46.9 Å². The van der Waals surface area contributed by atoms with E-state index < -0.39 is 0 Å². The van der Waals surface area contributed by atoms with Gasteiger partial charge in [-0.05, 0) is 39.9 Å². The quantitative estimate of drug-likeness (QED) is 0.397. The molecule has 5 nitrogen and oxygen atoms in total. The molecule has 1 N–H and O–H groups in total. The number of nitrogens with one attached hydrogen (secondary N) is 1. The van der Waals surface area contributed by atoms with Crippen LogP contribution in [0.5, 0.6) is 5.75 Å². The number of nitrogens with zero attached hydrogens (tertiary/aromatic N) is 3. The van der Waals surface area contributed by atoms with Gasteiger partial charge in [0, 0.05) is 31.7 Å². The molecule has 1 heterocycles. The van der Waals surface area contributed by atoms with Crippen molar-refractivity contribution in [2.24, 2.45) is 4.99 Å². The molecule has 0 aliphatic carbocycles. The van der Waals surface area contributed by atoms with Crippen molar-refractivity contribution >= 4 is 29.9 Å². The second-order valence-corrected chi connectivity index (χ2v) is 6.12. The van der Waals surface area contributed by atoms with Crippen LogP contribution in [0.4, 0.5) is 0 Å². The highest BCUT2D eigenvalue weighted by Gasteiger charge is 2.15. The normalized spacial score (nSPS) is 14.7. The lowest BCUT2D eigenvalue weighted by atomic mass is 10.2. The predicted octanol–water partition coefficient (Wildman–Crippen LogP) is 2.81. The number of ether oxygens (including phenoxy) is 1. The molecule has 0 unspecified atom stereocenters. The fraction of sp³-hybridized carbons (Fsp3) is 0.611. The largest absolute Gasteiger partial charge is 0.492 e. The molecule has 136 valence electrons. The average molecular weight is 446 g/mol. The van der Waals surface area contributed by atoms with Crippen LogP contribution < -0.4 is 10.1 Å². The standard InChI is InChI=1S/C18H30N4O.HI/c1-4-19-18(22-11-7-8-12-22)20-15-16-9-5-6-10-17(16)23-14-13-21(2)3;/h5-6,9-10H,4,7-8,11-15H2,1-3H3,(H,19,20);1H. The first-order valence-electron chi connectivity index (χ1n) is 8.59. The van der Waals surface area contributed by atoms with E-state index in [0.717, 1.165) is 43.5 Å². The molecule has 0 bridgehead atoms. The molecule has 1 aromatic rings. The number of halogens is 1. The predicted molar refractivity (Wildman–Crippen MR) is 112 cm³/mol. The van der Waals surface area contributed by atoms with E-state index in [1.54, 1.807) is 0 Å². The van der Waals surface area contributed by atoms with Crippen molar-refractivity contribution in [3.05, 3.63) is 29.8 Å². The summed E-state index contributed by atoms with van der Waals surface area (Å²) in [4.78, 5) is 9.28. The maximum Gasteiger partial charge on any atom is 0.194 e. The van der Waals surface area contributed by atoms with Crippen LogP contribution in [-0.2, 0) is 6.54 Å². The maximum absolute atomic E-state index is 5.92. The molecule has 1 fully saturated rings. The van der Waals surface area contributed by atoms with Crippen LogP contribution in [-0.4, -0.2) is 62.6 Å². The first-order valence-corrected chi connectivity index (χ1v) is 8.59. The van der Waals surface area contributed by atoms with Crippen molar-refractivity contribution in [2.45, 2.75) is 26.3 Å². The van der Waals surface area contributed by atoms with Crippen LogP contribution in [0.15, 0.2) is 29.3 Å². The monoisotopic (exact) mass is 446 g/mol. The molecule has 24 heavy (non-hydrogen) atoms. The van der Waals surface area contributed by atoms with Crippen LogP contribution in [0.1, 0.15) is 25.3 Å². The number of benzene rings is 1. The number of likely N-dealkylation sites (tertiary alicyclic amines) is 1. The van der Waals surface area contributed by atoms with Gasteiger partial charge in [0.15, 0.2) is 5.96 Å². The van der Waals surface area contributed by atoms with Gasteiger partial charge in [0.25, 0.3) is 0 Å². The third-order valence-electron chi connectivity index (χ3n) is 3.91. The Morgan fingerprint density at radius 3 is 2.62 bits per heavy atom.